The first kappa shape index (κ1) is 12.1. The molecule has 0 saturated heterocycles. The van der Waals surface area contributed by atoms with Gasteiger partial charge in [0.2, 0.25) is 0 Å². The number of rotatable bonds is 4. The van der Waals surface area contributed by atoms with E-state index in [9.17, 15) is 0 Å². The Morgan fingerprint density at radius 3 is 2.95 bits per heavy atom. The van der Waals surface area contributed by atoms with Gasteiger partial charge in [0.15, 0.2) is 0 Å². The molecule has 0 radical (unpaired) electrons. The number of fused-ring (bicyclic) bond motifs is 1. The zero-order valence-corrected chi connectivity index (χ0v) is 10.9. The van der Waals surface area contributed by atoms with Gasteiger partial charge in [-0.1, -0.05) is 22.8 Å². The van der Waals surface area contributed by atoms with Crippen molar-refractivity contribution in [1.82, 2.24) is 15.5 Å². The molecule has 0 atom stereocenters. The van der Waals surface area contributed by atoms with Crippen LogP contribution in [0.3, 0.4) is 0 Å². The van der Waals surface area contributed by atoms with Crippen molar-refractivity contribution in [2.75, 3.05) is 0 Å². The van der Waals surface area contributed by atoms with Gasteiger partial charge in [0.05, 0.1) is 11.2 Å². The van der Waals surface area contributed by atoms with Crippen LogP contribution < -0.4 is 5.32 Å². The normalized spacial score (nSPS) is 11.0. The van der Waals surface area contributed by atoms with E-state index in [2.05, 4.69) is 15.5 Å². The lowest BCUT2D eigenvalue weighted by Crippen LogP contribution is -2.13. The molecule has 1 aromatic carbocycles. The Kier molecular flexibility index (Phi) is 3.44. The summed E-state index contributed by atoms with van der Waals surface area (Å²) in [6.07, 6.45) is 3.34. The van der Waals surface area contributed by atoms with Gasteiger partial charge >= 0.3 is 0 Å². The first-order valence-electron chi connectivity index (χ1n) is 5.96. The number of aromatic nitrogens is 2. The minimum atomic E-state index is 0.660. The monoisotopic (exact) mass is 273 g/mol. The third-order valence-corrected chi connectivity index (χ3v) is 3.24. The van der Waals surface area contributed by atoms with Crippen molar-refractivity contribution >= 4 is 22.5 Å². The number of pyridine rings is 1. The summed E-state index contributed by atoms with van der Waals surface area (Å²) in [5.41, 5.74) is 2.93. The third kappa shape index (κ3) is 2.59. The Balaban J connectivity index is 1.79. The summed E-state index contributed by atoms with van der Waals surface area (Å²) in [4.78, 5) is 4.40. The molecule has 0 unspecified atom stereocenters. The smallest absolute Gasteiger partial charge is 0.124 e. The molecule has 0 bridgehead atoms. The number of nitrogens with one attached hydrogen (secondary N) is 1. The molecule has 3 aromatic rings. The van der Waals surface area contributed by atoms with Crippen molar-refractivity contribution in [3.8, 4) is 0 Å². The van der Waals surface area contributed by atoms with E-state index < -0.39 is 0 Å². The largest absolute Gasteiger partial charge is 0.364 e. The summed E-state index contributed by atoms with van der Waals surface area (Å²) in [5, 5.41) is 8.86. The van der Waals surface area contributed by atoms with Crippen LogP contribution in [0, 0.1) is 0 Å². The van der Waals surface area contributed by atoms with Gasteiger partial charge in [0.1, 0.15) is 6.26 Å². The second-order valence-electron chi connectivity index (χ2n) is 4.20. The topological polar surface area (TPSA) is 51.0 Å². The molecule has 96 valence electrons. The van der Waals surface area contributed by atoms with E-state index in [0.717, 1.165) is 27.2 Å². The average Bonchev–Trinajstić information content (AvgIpc) is 2.95. The molecule has 0 aliphatic heterocycles. The highest BCUT2D eigenvalue weighted by Crippen LogP contribution is 2.24. The van der Waals surface area contributed by atoms with E-state index in [-0.39, 0.29) is 0 Å². The first-order valence-corrected chi connectivity index (χ1v) is 6.34. The van der Waals surface area contributed by atoms with Crippen molar-refractivity contribution in [3.05, 3.63) is 59.1 Å². The molecule has 0 aliphatic carbocycles. The number of halogens is 1. The van der Waals surface area contributed by atoms with Crippen LogP contribution in [0.4, 0.5) is 0 Å². The van der Waals surface area contributed by atoms with E-state index in [1.807, 2.05) is 30.3 Å². The van der Waals surface area contributed by atoms with Crippen LogP contribution in [0.1, 0.15) is 11.3 Å². The van der Waals surface area contributed by atoms with E-state index in [1.54, 1.807) is 12.5 Å². The molecular formula is C14H12ClN3O. The van der Waals surface area contributed by atoms with Crippen molar-refractivity contribution in [3.63, 3.8) is 0 Å². The highest BCUT2D eigenvalue weighted by Gasteiger charge is 2.05. The summed E-state index contributed by atoms with van der Waals surface area (Å²) in [6, 6.07) is 9.60. The van der Waals surface area contributed by atoms with Crippen LogP contribution >= 0.6 is 11.6 Å². The van der Waals surface area contributed by atoms with E-state index >= 15 is 0 Å². The molecule has 3 rings (SSSR count). The second-order valence-corrected chi connectivity index (χ2v) is 4.61. The van der Waals surface area contributed by atoms with Crippen molar-refractivity contribution in [1.29, 1.82) is 0 Å². The fraction of sp³-hybridized carbons (Fsp3) is 0.143. The summed E-state index contributed by atoms with van der Waals surface area (Å²) >= 11 is 6.16. The Labute approximate surface area is 115 Å². The number of nitrogens with zero attached hydrogens (tertiary/aromatic N) is 2. The zero-order valence-electron chi connectivity index (χ0n) is 10.1. The zero-order chi connectivity index (χ0) is 13.1. The molecule has 19 heavy (non-hydrogen) atoms. The fourth-order valence-corrected chi connectivity index (χ4v) is 2.21. The van der Waals surface area contributed by atoms with E-state index in [4.69, 9.17) is 16.1 Å². The van der Waals surface area contributed by atoms with Crippen LogP contribution in [0.2, 0.25) is 5.02 Å². The third-order valence-electron chi connectivity index (χ3n) is 2.91. The Bertz CT molecular complexity index is 682. The molecule has 4 nitrogen and oxygen atoms in total. The number of hydrogen-bond acceptors (Lipinski definition) is 4. The van der Waals surface area contributed by atoms with Crippen LogP contribution in [0.15, 0.2) is 47.3 Å². The summed E-state index contributed by atoms with van der Waals surface area (Å²) < 4.78 is 4.78. The predicted octanol–water partition coefficient (Wildman–Crippen LogP) is 3.17. The van der Waals surface area contributed by atoms with Crippen LogP contribution in [0.25, 0.3) is 10.9 Å². The quantitative estimate of drug-likeness (QED) is 0.793. The van der Waals surface area contributed by atoms with Gasteiger partial charge in [-0.15, -0.1) is 0 Å². The maximum Gasteiger partial charge on any atom is 0.124 e. The second kappa shape index (κ2) is 5.38. The average molecular weight is 274 g/mol. The maximum absolute atomic E-state index is 6.16. The summed E-state index contributed by atoms with van der Waals surface area (Å²) in [6.45, 7) is 1.37. The molecule has 0 saturated carbocycles. The van der Waals surface area contributed by atoms with Crippen LogP contribution in [0.5, 0.6) is 0 Å². The van der Waals surface area contributed by atoms with Gasteiger partial charge in [-0.05, 0) is 23.8 Å². The standard InChI is InChI=1S/C14H12ClN3O/c15-13-4-3-10(14-12(13)2-1-6-17-14)8-16-9-11-5-7-19-18-11/h1-7,16H,8-9H2. The molecular weight excluding hydrogens is 262 g/mol. The summed E-state index contributed by atoms with van der Waals surface area (Å²) in [5.74, 6) is 0. The van der Waals surface area contributed by atoms with Crippen molar-refractivity contribution in [2.45, 2.75) is 13.1 Å². The molecule has 2 heterocycles. The van der Waals surface area contributed by atoms with Gasteiger partial charge < -0.3 is 9.84 Å². The Morgan fingerprint density at radius 2 is 2.11 bits per heavy atom. The van der Waals surface area contributed by atoms with Crippen molar-refractivity contribution in [2.24, 2.45) is 0 Å². The molecule has 1 N–H and O–H groups in total. The van der Waals surface area contributed by atoms with Crippen LogP contribution in [-0.4, -0.2) is 10.1 Å². The molecule has 0 aliphatic rings. The van der Waals surface area contributed by atoms with Gasteiger partial charge in [0.25, 0.3) is 0 Å². The van der Waals surface area contributed by atoms with Gasteiger partial charge in [-0.3, -0.25) is 4.98 Å². The Hall–Kier alpha value is -1.91. The molecule has 5 heteroatoms. The molecule has 0 fully saturated rings. The van der Waals surface area contributed by atoms with Gasteiger partial charge in [0, 0.05) is 35.8 Å². The number of hydrogen-bond donors (Lipinski definition) is 1. The first-order chi connectivity index (χ1) is 9.34. The predicted molar refractivity (Wildman–Crippen MR) is 73.8 cm³/mol. The molecule has 0 amide bonds. The Morgan fingerprint density at radius 1 is 1.16 bits per heavy atom. The lowest BCUT2D eigenvalue weighted by atomic mass is 10.1. The molecule has 2 aromatic heterocycles. The maximum atomic E-state index is 6.16. The van der Waals surface area contributed by atoms with Crippen molar-refractivity contribution < 1.29 is 4.52 Å². The van der Waals surface area contributed by atoms with Gasteiger partial charge in [-0.25, -0.2) is 0 Å². The highest BCUT2D eigenvalue weighted by atomic mass is 35.5. The van der Waals surface area contributed by atoms with E-state index in [1.165, 1.54) is 0 Å². The highest BCUT2D eigenvalue weighted by molar-refractivity contribution is 6.35. The lowest BCUT2D eigenvalue weighted by Gasteiger charge is -2.07. The minimum Gasteiger partial charge on any atom is -0.364 e. The van der Waals surface area contributed by atoms with Gasteiger partial charge in [-0.2, -0.15) is 0 Å². The van der Waals surface area contributed by atoms with Crippen LogP contribution in [-0.2, 0) is 13.1 Å². The SMILES string of the molecule is Clc1ccc(CNCc2ccon2)c2ncccc12. The number of benzene rings is 1. The fourth-order valence-electron chi connectivity index (χ4n) is 1.99. The summed E-state index contributed by atoms with van der Waals surface area (Å²) in [7, 11) is 0. The minimum absolute atomic E-state index is 0.660. The lowest BCUT2D eigenvalue weighted by molar-refractivity contribution is 0.408. The van der Waals surface area contributed by atoms with E-state index in [0.29, 0.717) is 13.1 Å². The molecule has 0 spiro atoms.